The van der Waals surface area contributed by atoms with Crippen molar-refractivity contribution in [2.75, 3.05) is 6.61 Å². The lowest BCUT2D eigenvalue weighted by Crippen LogP contribution is -2.25. The van der Waals surface area contributed by atoms with E-state index in [0.717, 1.165) is 4.68 Å². The average molecular weight is 292 g/mol. The molecule has 5 nitrogen and oxygen atoms in total. The first kappa shape index (κ1) is 15.2. The van der Waals surface area contributed by atoms with Crippen LogP contribution in [0.15, 0.2) is 41.3 Å². The van der Waals surface area contributed by atoms with Crippen LogP contribution in [0.5, 0.6) is 5.75 Å². The Balaban J connectivity index is 2.20. The van der Waals surface area contributed by atoms with Crippen molar-refractivity contribution < 1.29 is 14.2 Å². The molecule has 1 heterocycles. The van der Waals surface area contributed by atoms with Gasteiger partial charge in [0, 0.05) is 12.5 Å². The van der Waals surface area contributed by atoms with Crippen molar-refractivity contribution >= 4 is 0 Å². The Hall–Kier alpha value is -2.21. The van der Waals surface area contributed by atoms with Gasteiger partial charge in [-0.25, -0.2) is 4.39 Å². The molecule has 0 amide bonds. The fourth-order valence-electron chi connectivity index (χ4n) is 1.68. The normalized spacial score (nSPS) is 11.4. The van der Waals surface area contributed by atoms with Crippen LogP contribution < -0.4 is 10.3 Å². The van der Waals surface area contributed by atoms with E-state index in [2.05, 4.69) is 5.10 Å². The van der Waals surface area contributed by atoms with Crippen molar-refractivity contribution in [2.45, 2.75) is 25.9 Å². The van der Waals surface area contributed by atoms with E-state index in [-0.39, 0.29) is 18.2 Å². The van der Waals surface area contributed by atoms with Gasteiger partial charge in [-0.1, -0.05) is 0 Å². The minimum Gasteiger partial charge on any atom is -0.488 e. The molecule has 0 bridgehead atoms. The summed E-state index contributed by atoms with van der Waals surface area (Å²) >= 11 is 0. The molecule has 1 N–H and O–H groups in total. The number of benzene rings is 1. The number of aliphatic hydroxyl groups is 1. The maximum Gasteiger partial charge on any atom is 0.313 e. The Morgan fingerprint density at radius 1 is 1.29 bits per heavy atom. The zero-order valence-corrected chi connectivity index (χ0v) is 11.9. The minimum atomic E-state index is -0.858. The van der Waals surface area contributed by atoms with E-state index in [1.807, 2.05) is 0 Å². The van der Waals surface area contributed by atoms with Crippen LogP contribution in [0.25, 0.3) is 5.69 Å². The Labute approximate surface area is 121 Å². The van der Waals surface area contributed by atoms with Crippen LogP contribution in [0.2, 0.25) is 0 Å². The maximum atomic E-state index is 12.9. The van der Waals surface area contributed by atoms with Gasteiger partial charge in [0.15, 0.2) is 5.75 Å². The third-order valence-electron chi connectivity index (χ3n) is 2.85. The van der Waals surface area contributed by atoms with Crippen molar-refractivity contribution in [1.82, 2.24) is 9.78 Å². The van der Waals surface area contributed by atoms with Gasteiger partial charge in [0.25, 0.3) is 0 Å². The molecule has 2 aromatic rings. The van der Waals surface area contributed by atoms with Crippen molar-refractivity contribution in [3.8, 4) is 11.4 Å². The Morgan fingerprint density at radius 3 is 2.57 bits per heavy atom. The van der Waals surface area contributed by atoms with E-state index in [0.29, 0.717) is 12.1 Å². The van der Waals surface area contributed by atoms with Crippen molar-refractivity contribution in [3.63, 3.8) is 0 Å². The lowest BCUT2D eigenvalue weighted by atomic mass is 10.1. The smallest absolute Gasteiger partial charge is 0.313 e. The van der Waals surface area contributed by atoms with Crippen LogP contribution in [0, 0.1) is 5.82 Å². The molecule has 0 saturated heterocycles. The SMILES string of the molecule is CC(C)(O)CCOc1ccnn(-c2ccc(F)cc2)c1=O. The van der Waals surface area contributed by atoms with Gasteiger partial charge < -0.3 is 9.84 Å². The molecule has 0 aliphatic carbocycles. The first-order valence-electron chi connectivity index (χ1n) is 6.56. The third kappa shape index (κ3) is 4.13. The lowest BCUT2D eigenvalue weighted by molar-refractivity contribution is 0.0550. The number of aromatic nitrogens is 2. The molecule has 0 aliphatic heterocycles. The van der Waals surface area contributed by atoms with Gasteiger partial charge in [0.05, 0.1) is 24.1 Å². The highest BCUT2D eigenvalue weighted by atomic mass is 19.1. The van der Waals surface area contributed by atoms with Crippen molar-refractivity contribution in [1.29, 1.82) is 0 Å². The number of halogens is 1. The quantitative estimate of drug-likeness (QED) is 0.914. The predicted molar refractivity (Wildman–Crippen MR) is 76.2 cm³/mol. The largest absolute Gasteiger partial charge is 0.488 e. The van der Waals surface area contributed by atoms with Gasteiger partial charge in [-0.05, 0) is 38.1 Å². The van der Waals surface area contributed by atoms with Crippen molar-refractivity contribution in [2.24, 2.45) is 0 Å². The Morgan fingerprint density at radius 2 is 1.95 bits per heavy atom. The molecule has 2 rings (SSSR count). The average Bonchev–Trinajstić information content (AvgIpc) is 2.41. The molecule has 0 aliphatic rings. The second-order valence-corrected chi connectivity index (χ2v) is 5.30. The van der Waals surface area contributed by atoms with Gasteiger partial charge in [0.2, 0.25) is 0 Å². The Kier molecular flexibility index (Phi) is 4.37. The monoisotopic (exact) mass is 292 g/mol. The molecule has 1 aromatic carbocycles. The van der Waals surface area contributed by atoms with Gasteiger partial charge in [0.1, 0.15) is 5.82 Å². The zero-order valence-electron chi connectivity index (χ0n) is 11.9. The standard InChI is InChI=1S/C15H17FN2O3/c1-15(2,20)8-10-21-13-7-9-17-18(14(13)19)12-5-3-11(16)4-6-12/h3-7,9,20H,8,10H2,1-2H3. The second kappa shape index (κ2) is 6.05. The molecular formula is C15H17FN2O3. The molecule has 0 spiro atoms. The number of ether oxygens (including phenoxy) is 1. The van der Waals surface area contributed by atoms with Crippen LogP contribution in [0.4, 0.5) is 4.39 Å². The number of nitrogens with zero attached hydrogens (tertiary/aromatic N) is 2. The van der Waals surface area contributed by atoms with E-state index >= 15 is 0 Å². The highest BCUT2D eigenvalue weighted by molar-refractivity contribution is 5.32. The summed E-state index contributed by atoms with van der Waals surface area (Å²) < 4.78 is 19.4. The maximum absolute atomic E-state index is 12.9. The highest BCUT2D eigenvalue weighted by Gasteiger charge is 2.13. The molecular weight excluding hydrogens is 275 g/mol. The summed E-state index contributed by atoms with van der Waals surface area (Å²) in [5.74, 6) is -0.247. The van der Waals surface area contributed by atoms with Gasteiger partial charge in [-0.15, -0.1) is 0 Å². The summed E-state index contributed by atoms with van der Waals surface area (Å²) in [7, 11) is 0. The summed E-state index contributed by atoms with van der Waals surface area (Å²) in [4.78, 5) is 12.2. The van der Waals surface area contributed by atoms with Crippen molar-refractivity contribution in [3.05, 3.63) is 52.7 Å². The van der Waals surface area contributed by atoms with E-state index in [9.17, 15) is 14.3 Å². The summed E-state index contributed by atoms with van der Waals surface area (Å²) in [6.45, 7) is 3.55. The summed E-state index contributed by atoms with van der Waals surface area (Å²) in [5.41, 5.74) is -0.836. The summed E-state index contributed by atoms with van der Waals surface area (Å²) in [6, 6.07) is 6.90. The fraction of sp³-hybridized carbons (Fsp3) is 0.333. The molecule has 21 heavy (non-hydrogen) atoms. The molecule has 0 fully saturated rings. The van der Waals surface area contributed by atoms with E-state index < -0.39 is 11.2 Å². The third-order valence-corrected chi connectivity index (χ3v) is 2.85. The summed E-state index contributed by atoms with van der Waals surface area (Å²) in [6.07, 6.45) is 1.83. The predicted octanol–water partition coefficient (Wildman–Crippen LogP) is 1.91. The molecule has 0 unspecified atom stereocenters. The van der Waals surface area contributed by atoms with Crippen LogP contribution in [0.3, 0.4) is 0 Å². The molecule has 112 valence electrons. The highest BCUT2D eigenvalue weighted by Crippen LogP contribution is 2.10. The van der Waals surface area contributed by atoms with E-state index in [1.165, 1.54) is 36.5 Å². The second-order valence-electron chi connectivity index (χ2n) is 5.30. The first-order chi connectivity index (χ1) is 9.87. The lowest BCUT2D eigenvalue weighted by Gasteiger charge is -2.17. The van der Waals surface area contributed by atoms with Crippen LogP contribution in [-0.4, -0.2) is 27.1 Å². The van der Waals surface area contributed by atoms with Gasteiger partial charge >= 0.3 is 5.56 Å². The minimum absolute atomic E-state index is 0.138. The van der Waals surface area contributed by atoms with Gasteiger partial charge in [-0.2, -0.15) is 9.78 Å². The van der Waals surface area contributed by atoms with Crippen LogP contribution >= 0.6 is 0 Å². The molecule has 1 aromatic heterocycles. The van der Waals surface area contributed by atoms with Crippen LogP contribution in [-0.2, 0) is 0 Å². The number of hydrogen-bond donors (Lipinski definition) is 1. The fourth-order valence-corrected chi connectivity index (χ4v) is 1.68. The first-order valence-corrected chi connectivity index (χ1v) is 6.56. The molecule has 6 heteroatoms. The topological polar surface area (TPSA) is 64.3 Å². The molecule has 0 atom stereocenters. The van der Waals surface area contributed by atoms with E-state index in [1.54, 1.807) is 13.8 Å². The van der Waals surface area contributed by atoms with Gasteiger partial charge in [-0.3, -0.25) is 4.79 Å². The number of rotatable bonds is 5. The summed E-state index contributed by atoms with van der Waals surface area (Å²) in [5, 5.41) is 13.6. The zero-order chi connectivity index (χ0) is 15.5. The number of hydrogen-bond acceptors (Lipinski definition) is 4. The van der Waals surface area contributed by atoms with Crippen LogP contribution in [0.1, 0.15) is 20.3 Å². The van der Waals surface area contributed by atoms with E-state index in [4.69, 9.17) is 4.74 Å². The molecule has 0 saturated carbocycles. The molecule has 0 radical (unpaired) electrons. The Bertz CT molecular complexity index is 660.